The number of hydrogen-bond donors (Lipinski definition) is 1. The molecule has 1 saturated heterocycles. The van der Waals surface area contributed by atoms with Gasteiger partial charge in [0.2, 0.25) is 0 Å². The molecule has 0 radical (unpaired) electrons. The minimum atomic E-state index is 0.744. The third-order valence-corrected chi connectivity index (χ3v) is 7.66. The molecule has 0 bridgehead atoms. The van der Waals surface area contributed by atoms with Crippen LogP contribution in [0.2, 0.25) is 0 Å². The van der Waals surface area contributed by atoms with Crippen LogP contribution in [0.15, 0.2) is 0 Å². The zero-order chi connectivity index (χ0) is 15.3. The molecule has 21 heavy (non-hydrogen) atoms. The van der Waals surface area contributed by atoms with Gasteiger partial charge in [0.15, 0.2) is 0 Å². The molecule has 1 fully saturated rings. The molecule has 0 aromatic rings. The van der Waals surface area contributed by atoms with Crippen LogP contribution in [0.1, 0.15) is 78.6 Å². The van der Waals surface area contributed by atoms with E-state index in [0.717, 1.165) is 16.5 Å². The van der Waals surface area contributed by atoms with Gasteiger partial charge >= 0.3 is 0 Å². The molecule has 0 spiro atoms. The highest BCUT2D eigenvalue weighted by Gasteiger charge is 2.29. The number of rotatable bonds is 12. The maximum Gasteiger partial charge on any atom is 0.0317 e. The average Bonchev–Trinajstić information content (AvgIpc) is 2.50. The van der Waals surface area contributed by atoms with E-state index in [2.05, 4.69) is 49.6 Å². The predicted molar refractivity (Wildman–Crippen MR) is 103 cm³/mol. The second kappa shape index (κ2) is 13.1. The van der Waals surface area contributed by atoms with Crippen LogP contribution >= 0.6 is 23.5 Å². The summed E-state index contributed by atoms with van der Waals surface area (Å²) in [5.41, 5.74) is 0. The summed E-state index contributed by atoms with van der Waals surface area (Å²) < 4.78 is 0. The van der Waals surface area contributed by atoms with Crippen molar-refractivity contribution >= 4 is 23.5 Å². The normalized spacial score (nSPS) is 24.1. The monoisotopic (exact) mass is 331 g/mol. The van der Waals surface area contributed by atoms with Gasteiger partial charge in [-0.15, -0.1) is 0 Å². The lowest BCUT2D eigenvalue weighted by molar-refractivity contribution is 0.437. The SMILES string of the molecule is CCCCCCCCCC(NCCC)C1SCCSC1C. The zero-order valence-electron chi connectivity index (χ0n) is 14.5. The quantitative estimate of drug-likeness (QED) is 0.458. The van der Waals surface area contributed by atoms with Crippen LogP contribution in [0, 0.1) is 0 Å². The predicted octanol–water partition coefficient (Wildman–Crippen LogP) is 5.73. The van der Waals surface area contributed by atoms with Crippen molar-refractivity contribution in [3.05, 3.63) is 0 Å². The molecule has 0 aliphatic carbocycles. The molecule has 0 saturated carbocycles. The molecule has 1 rings (SSSR count). The van der Waals surface area contributed by atoms with E-state index < -0.39 is 0 Å². The minimum absolute atomic E-state index is 0.744. The Morgan fingerprint density at radius 2 is 1.57 bits per heavy atom. The first-order valence-electron chi connectivity index (χ1n) is 9.26. The topological polar surface area (TPSA) is 12.0 Å². The van der Waals surface area contributed by atoms with E-state index in [9.17, 15) is 0 Å². The Labute approximate surface area is 142 Å². The Hall–Kier alpha value is 0.660. The van der Waals surface area contributed by atoms with E-state index in [0.29, 0.717) is 0 Å². The van der Waals surface area contributed by atoms with E-state index in [1.807, 2.05) is 0 Å². The van der Waals surface area contributed by atoms with E-state index in [1.165, 1.54) is 75.8 Å². The second-order valence-electron chi connectivity index (χ2n) is 6.38. The first-order valence-corrected chi connectivity index (χ1v) is 11.4. The van der Waals surface area contributed by atoms with Gasteiger partial charge in [0.05, 0.1) is 0 Å². The van der Waals surface area contributed by atoms with Gasteiger partial charge in [0.1, 0.15) is 0 Å². The molecule has 1 N–H and O–H groups in total. The Bertz CT molecular complexity index is 235. The van der Waals surface area contributed by atoms with Gasteiger partial charge in [-0.3, -0.25) is 0 Å². The molecular formula is C18H37NS2. The fourth-order valence-electron chi connectivity index (χ4n) is 3.13. The summed E-state index contributed by atoms with van der Waals surface area (Å²) in [5, 5.41) is 5.50. The Balaban J connectivity index is 2.22. The maximum atomic E-state index is 3.85. The van der Waals surface area contributed by atoms with Gasteiger partial charge in [0.25, 0.3) is 0 Å². The summed E-state index contributed by atoms with van der Waals surface area (Å²) in [7, 11) is 0. The van der Waals surface area contributed by atoms with E-state index in [1.54, 1.807) is 0 Å². The molecule has 3 heteroatoms. The van der Waals surface area contributed by atoms with Gasteiger partial charge in [-0.1, -0.05) is 65.7 Å². The van der Waals surface area contributed by atoms with Gasteiger partial charge in [-0.2, -0.15) is 23.5 Å². The maximum absolute atomic E-state index is 3.85. The molecule has 1 nitrogen and oxygen atoms in total. The molecule has 0 aromatic heterocycles. The van der Waals surface area contributed by atoms with Crippen LogP contribution in [-0.2, 0) is 0 Å². The third-order valence-electron chi connectivity index (χ3n) is 4.41. The minimum Gasteiger partial charge on any atom is -0.313 e. The van der Waals surface area contributed by atoms with Crippen molar-refractivity contribution in [2.45, 2.75) is 95.1 Å². The lowest BCUT2D eigenvalue weighted by atomic mass is 10.0. The first kappa shape index (κ1) is 19.7. The highest BCUT2D eigenvalue weighted by Crippen LogP contribution is 2.34. The van der Waals surface area contributed by atoms with E-state index in [4.69, 9.17) is 0 Å². The average molecular weight is 332 g/mol. The fourth-order valence-corrected chi connectivity index (χ4v) is 6.13. The summed E-state index contributed by atoms with van der Waals surface area (Å²) in [4.78, 5) is 0. The molecule has 1 aliphatic heterocycles. The van der Waals surface area contributed by atoms with Crippen LogP contribution in [0.5, 0.6) is 0 Å². The van der Waals surface area contributed by atoms with Crippen molar-refractivity contribution < 1.29 is 0 Å². The summed E-state index contributed by atoms with van der Waals surface area (Å²) in [6.45, 7) is 8.21. The largest absolute Gasteiger partial charge is 0.313 e. The van der Waals surface area contributed by atoms with Gasteiger partial charge in [-0.25, -0.2) is 0 Å². The Morgan fingerprint density at radius 3 is 2.24 bits per heavy atom. The summed E-state index contributed by atoms with van der Waals surface area (Å²) >= 11 is 4.40. The van der Waals surface area contributed by atoms with Gasteiger partial charge in [-0.05, 0) is 19.4 Å². The number of hydrogen-bond acceptors (Lipinski definition) is 3. The van der Waals surface area contributed by atoms with Crippen molar-refractivity contribution in [2.75, 3.05) is 18.1 Å². The fraction of sp³-hybridized carbons (Fsp3) is 1.00. The van der Waals surface area contributed by atoms with Gasteiger partial charge < -0.3 is 5.32 Å². The van der Waals surface area contributed by atoms with Gasteiger partial charge in [0, 0.05) is 28.0 Å². The van der Waals surface area contributed by atoms with Crippen LogP contribution in [-0.4, -0.2) is 34.6 Å². The molecule has 0 amide bonds. The van der Waals surface area contributed by atoms with Crippen LogP contribution in [0.25, 0.3) is 0 Å². The van der Waals surface area contributed by atoms with Crippen molar-refractivity contribution in [1.29, 1.82) is 0 Å². The molecule has 126 valence electrons. The highest BCUT2D eigenvalue weighted by molar-refractivity contribution is 8.07. The van der Waals surface area contributed by atoms with E-state index >= 15 is 0 Å². The molecular weight excluding hydrogens is 294 g/mol. The van der Waals surface area contributed by atoms with Crippen molar-refractivity contribution in [2.24, 2.45) is 0 Å². The lowest BCUT2D eigenvalue weighted by Gasteiger charge is -2.35. The zero-order valence-corrected chi connectivity index (χ0v) is 16.2. The van der Waals surface area contributed by atoms with E-state index in [-0.39, 0.29) is 0 Å². The molecule has 1 aliphatic rings. The number of nitrogens with one attached hydrogen (secondary N) is 1. The van der Waals surface area contributed by atoms with Crippen LogP contribution in [0.3, 0.4) is 0 Å². The smallest absolute Gasteiger partial charge is 0.0317 e. The van der Waals surface area contributed by atoms with Crippen molar-refractivity contribution in [3.8, 4) is 0 Å². The summed E-state index contributed by atoms with van der Waals surface area (Å²) in [6, 6.07) is 0.744. The molecule has 3 atom stereocenters. The molecule has 1 heterocycles. The summed E-state index contributed by atoms with van der Waals surface area (Å²) in [5.74, 6) is 2.70. The van der Waals surface area contributed by atoms with Crippen molar-refractivity contribution in [1.82, 2.24) is 5.32 Å². The molecule has 0 aromatic carbocycles. The summed E-state index contributed by atoms with van der Waals surface area (Å²) in [6.07, 6.45) is 12.6. The van der Waals surface area contributed by atoms with Crippen LogP contribution < -0.4 is 5.32 Å². The Kier molecular flexibility index (Phi) is 12.3. The first-order chi connectivity index (χ1) is 10.3. The highest BCUT2D eigenvalue weighted by atomic mass is 32.2. The van der Waals surface area contributed by atoms with Crippen molar-refractivity contribution in [3.63, 3.8) is 0 Å². The number of unbranched alkanes of at least 4 members (excludes halogenated alkanes) is 6. The standard InChI is InChI=1S/C18H37NS2/c1-4-6-7-8-9-10-11-12-17(19-13-5-2)18-16(3)20-14-15-21-18/h16-19H,4-15H2,1-3H3. The lowest BCUT2D eigenvalue weighted by Crippen LogP contribution is -2.44. The number of thioether (sulfide) groups is 2. The Morgan fingerprint density at radius 1 is 0.905 bits per heavy atom. The molecule has 3 unspecified atom stereocenters. The second-order valence-corrected chi connectivity index (χ2v) is 9.15. The third kappa shape index (κ3) is 8.76. The van der Waals surface area contributed by atoms with Crippen LogP contribution in [0.4, 0.5) is 0 Å².